The van der Waals surface area contributed by atoms with E-state index in [-0.39, 0.29) is 29.6 Å². The Morgan fingerprint density at radius 2 is 1.75 bits per heavy atom. The predicted octanol–water partition coefficient (Wildman–Crippen LogP) is 5.83. The van der Waals surface area contributed by atoms with E-state index in [4.69, 9.17) is 23.2 Å². The van der Waals surface area contributed by atoms with Crippen LogP contribution in [0.1, 0.15) is 66.8 Å². The number of amides is 2. The topological polar surface area (TPSA) is 55.9 Å². The highest BCUT2D eigenvalue weighted by Gasteiger charge is 2.48. The molecule has 0 aromatic heterocycles. The van der Waals surface area contributed by atoms with Crippen LogP contribution < -0.4 is 5.32 Å². The maximum absolute atomic E-state index is 13.6. The van der Waals surface area contributed by atoms with Crippen molar-refractivity contribution in [3.8, 4) is 0 Å². The van der Waals surface area contributed by atoms with E-state index in [1.54, 1.807) is 22.9 Å². The Balaban J connectivity index is 1.56. The van der Waals surface area contributed by atoms with Crippen LogP contribution in [0.2, 0.25) is 10.0 Å². The summed E-state index contributed by atoms with van der Waals surface area (Å²) in [5.74, 6) is -0.313. The second-order valence-corrected chi connectivity index (χ2v) is 12.3. The van der Waals surface area contributed by atoms with Crippen molar-refractivity contribution in [2.45, 2.75) is 62.4 Å². The molecule has 4 rings (SSSR count). The van der Waals surface area contributed by atoms with E-state index in [0.29, 0.717) is 22.2 Å². The average molecular weight is 592 g/mol. The fraction of sp³-hybridized carbons (Fsp3) is 0.548. The summed E-state index contributed by atoms with van der Waals surface area (Å²) in [5.41, 5.74) is 0.996. The predicted molar refractivity (Wildman–Crippen MR) is 160 cm³/mol. The van der Waals surface area contributed by atoms with Crippen molar-refractivity contribution in [2.75, 3.05) is 47.3 Å². The van der Waals surface area contributed by atoms with Gasteiger partial charge in [-0.3, -0.25) is 14.5 Å². The van der Waals surface area contributed by atoms with E-state index < -0.39 is 5.54 Å². The Labute approximate surface area is 247 Å². The maximum atomic E-state index is 13.6. The molecule has 2 aromatic rings. The van der Waals surface area contributed by atoms with Crippen molar-refractivity contribution in [3.63, 3.8) is 0 Å². The van der Waals surface area contributed by atoms with Crippen molar-refractivity contribution >= 4 is 35.0 Å². The second-order valence-electron chi connectivity index (χ2n) is 11.5. The molecule has 2 aromatic carbocycles. The van der Waals surface area contributed by atoms with Gasteiger partial charge in [-0.25, -0.2) is 4.39 Å². The highest BCUT2D eigenvalue weighted by Crippen LogP contribution is 2.37. The molecule has 0 spiro atoms. The average Bonchev–Trinajstić information content (AvgIpc) is 2.96. The van der Waals surface area contributed by atoms with E-state index in [9.17, 15) is 14.0 Å². The van der Waals surface area contributed by atoms with E-state index in [1.165, 1.54) is 24.3 Å². The summed E-state index contributed by atoms with van der Waals surface area (Å²) >= 11 is 12.7. The number of nitrogens with zero attached hydrogens (tertiary/aromatic N) is 3. The van der Waals surface area contributed by atoms with Crippen molar-refractivity contribution in [2.24, 2.45) is 0 Å². The van der Waals surface area contributed by atoms with Gasteiger partial charge in [0.25, 0.3) is 5.91 Å². The van der Waals surface area contributed by atoms with Gasteiger partial charge in [-0.1, -0.05) is 35.7 Å². The van der Waals surface area contributed by atoms with E-state index in [0.717, 1.165) is 70.1 Å². The monoisotopic (exact) mass is 590 g/mol. The van der Waals surface area contributed by atoms with Gasteiger partial charge in [0, 0.05) is 45.2 Å². The summed E-state index contributed by atoms with van der Waals surface area (Å²) in [7, 11) is 5.50. The van der Waals surface area contributed by atoms with E-state index >= 15 is 0 Å². The van der Waals surface area contributed by atoms with Crippen LogP contribution in [0.4, 0.5) is 4.39 Å². The third-order valence-electron chi connectivity index (χ3n) is 8.61. The number of carbonyl (C=O) groups excluding carboxylic acids is 2. The number of piperidine rings is 2. The Morgan fingerprint density at radius 3 is 2.40 bits per heavy atom. The fourth-order valence-electron chi connectivity index (χ4n) is 6.49. The molecular formula is C31H41Cl2FN4O2. The molecule has 0 radical (unpaired) electrons. The van der Waals surface area contributed by atoms with Gasteiger partial charge in [-0.05, 0) is 100 Å². The van der Waals surface area contributed by atoms with Crippen LogP contribution in [0.3, 0.4) is 0 Å². The lowest BCUT2D eigenvalue weighted by molar-refractivity contribution is -0.148. The van der Waals surface area contributed by atoms with Gasteiger partial charge in [0.1, 0.15) is 11.4 Å². The number of likely N-dealkylation sites (tertiary alicyclic amines) is 1. The van der Waals surface area contributed by atoms with Crippen LogP contribution in [-0.2, 0) is 4.79 Å². The molecule has 2 fully saturated rings. The summed E-state index contributed by atoms with van der Waals surface area (Å²) in [6.07, 6.45) is 6.64. The lowest BCUT2D eigenvalue weighted by Gasteiger charge is -2.51. The molecule has 0 saturated carbocycles. The molecule has 40 heavy (non-hydrogen) atoms. The van der Waals surface area contributed by atoms with Gasteiger partial charge < -0.3 is 15.1 Å². The van der Waals surface area contributed by atoms with Crippen molar-refractivity contribution in [1.29, 1.82) is 0 Å². The third-order valence-corrected chi connectivity index (χ3v) is 9.35. The number of hydrogen-bond acceptors (Lipinski definition) is 4. The molecule has 1 N–H and O–H groups in total. The van der Waals surface area contributed by atoms with E-state index in [1.807, 2.05) is 26.2 Å². The lowest BCUT2D eigenvalue weighted by atomic mass is 9.80. The molecule has 9 heteroatoms. The number of nitrogens with one attached hydrogen (secondary N) is 1. The van der Waals surface area contributed by atoms with Gasteiger partial charge in [-0.2, -0.15) is 0 Å². The Bertz CT molecular complexity index is 1170. The van der Waals surface area contributed by atoms with Gasteiger partial charge in [0.15, 0.2) is 0 Å². The Kier molecular flexibility index (Phi) is 10.5. The molecule has 0 aliphatic carbocycles. The standard InChI is InChI=1S/C31H41Cl2FN4O2/c1-36(2)30(40)31(15-17-35-18-16-31)38-19-5-4-6-26(38)13-9-24(23-10-14-27(32)28(33)20-23)21-37(3)29(39)22-7-11-25(34)12-8-22/h7-8,10-12,14,20,24,26,35H,4-6,9,13,15-19,21H2,1-3H3. The number of likely N-dealkylation sites (N-methyl/N-ethyl adjacent to an activating group) is 2. The largest absolute Gasteiger partial charge is 0.347 e. The molecule has 2 aliphatic rings. The van der Waals surface area contributed by atoms with Gasteiger partial charge in [-0.15, -0.1) is 0 Å². The molecule has 2 unspecified atom stereocenters. The van der Waals surface area contributed by atoms with Crippen molar-refractivity contribution in [3.05, 3.63) is 69.5 Å². The molecule has 2 heterocycles. The van der Waals surface area contributed by atoms with Crippen LogP contribution in [-0.4, -0.2) is 85.4 Å². The molecule has 2 aliphatic heterocycles. The second kappa shape index (κ2) is 13.6. The molecule has 0 bridgehead atoms. The number of halogens is 3. The normalized spacial score (nSPS) is 20.1. The van der Waals surface area contributed by atoms with Crippen molar-refractivity contribution < 1.29 is 14.0 Å². The minimum atomic E-state index is -0.478. The Morgan fingerprint density at radius 1 is 1.05 bits per heavy atom. The van der Waals surface area contributed by atoms with Gasteiger partial charge >= 0.3 is 0 Å². The van der Waals surface area contributed by atoms with Crippen LogP contribution >= 0.6 is 23.2 Å². The number of carbonyl (C=O) groups is 2. The highest BCUT2D eigenvalue weighted by molar-refractivity contribution is 6.42. The highest BCUT2D eigenvalue weighted by atomic mass is 35.5. The third kappa shape index (κ3) is 6.99. The smallest absolute Gasteiger partial charge is 0.253 e. The molecule has 6 nitrogen and oxygen atoms in total. The minimum absolute atomic E-state index is 0.0152. The van der Waals surface area contributed by atoms with Crippen LogP contribution in [0.25, 0.3) is 0 Å². The first-order valence-electron chi connectivity index (χ1n) is 14.3. The molecule has 2 atom stereocenters. The van der Waals surface area contributed by atoms with Crippen LogP contribution in [0.5, 0.6) is 0 Å². The summed E-state index contributed by atoms with van der Waals surface area (Å²) in [4.78, 5) is 32.8. The van der Waals surface area contributed by atoms with E-state index in [2.05, 4.69) is 10.2 Å². The quantitative estimate of drug-likeness (QED) is 0.399. The fourth-order valence-corrected chi connectivity index (χ4v) is 6.80. The van der Waals surface area contributed by atoms with Crippen LogP contribution in [0.15, 0.2) is 42.5 Å². The zero-order valence-corrected chi connectivity index (χ0v) is 25.3. The summed E-state index contributed by atoms with van der Waals surface area (Å²) in [6, 6.07) is 11.6. The Hall–Kier alpha value is -2.19. The zero-order valence-electron chi connectivity index (χ0n) is 23.8. The number of benzene rings is 2. The molecular weight excluding hydrogens is 550 g/mol. The first-order chi connectivity index (χ1) is 19.1. The summed E-state index contributed by atoms with van der Waals surface area (Å²) in [5, 5.41) is 4.42. The van der Waals surface area contributed by atoms with Gasteiger partial charge in [0.2, 0.25) is 5.91 Å². The molecule has 218 valence electrons. The SMILES string of the molecule is CN(C)C(=O)C1(N2CCCCC2CCC(CN(C)C(=O)c2ccc(F)cc2)c2ccc(Cl)c(Cl)c2)CCNCC1. The van der Waals surface area contributed by atoms with Crippen LogP contribution in [0, 0.1) is 5.82 Å². The van der Waals surface area contributed by atoms with Crippen molar-refractivity contribution in [1.82, 2.24) is 20.0 Å². The molecule has 2 saturated heterocycles. The first-order valence-corrected chi connectivity index (χ1v) is 15.0. The summed E-state index contributed by atoms with van der Waals surface area (Å²) < 4.78 is 13.4. The molecule has 2 amide bonds. The zero-order chi connectivity index (χ0) is 28.9. The number of hydrogen-bond donors (Lipinski definition) is 1. The minimum Gasteiger partial charge on any atom is -0.347 e. The lowest BCUT2D eigenvalue weighted by Crippen LogP contribution is -2.66. The maximum Gasteiger partial charge on any atom is 0.253 e. The first kappa shape index (κ1) is 30.8. The van der Waals surface area contributed by atoms with Gasteiger partial charge in [0.05, 0.1) is 10.0 Å². The number of rotatable bonds is 9. The summed E-state index contributed by atoms with van der Waals surface area (Å²) in [6.45, 7) is 3.08.